The van der Waals surface area contributed by atoms with Crippen LogP contribution in [0, 0.1) is 17.8 Å². The molecule has 8 nitrogen and oxygen atoms in total. The van der Waals surface area contributed by atoms with Crippen LogP contribution < -0.4 is 0 Å². The van der Waals surface area contributed by atoms with Crippen LogP contribution in [0.1, 0.15) is 59.3 Å². The Hall–Kier alpha value is -1.71. The molecule has 3 rings (SSSR count). The average molecular weight is 584 g/mol. The number of hydrogen-bond acceptors (Lipinski definition) is 6. The lowest BCUT2D eigenvalue weighted by atomic mass is 9.70. The number of carbonyl (C=O) groups is 3. The van der Waals surface area contributed by atoms with Crippen molar-refractivity contribution >= 4 is 33.7 Å². The van der Waals surface area contributed by atoms with Crippen molar-refractivity contribution < 1.29 is 29.0 Å². The maximum absolute atomic E-state index is 14.3. The molecule has 1 N–H and O–H groups in total. The Labute approximate surface area is 229 Å². The smallest absolute Gasteiger partial charge is 0.312 e. The molecule has 3 saturated heterocycles. The third kappa shape index (κ3) is 5.55. The van der Waals surface area contributed by atoms with Gasteiger partial charge in [0, 0.05) is 17.9 Å². The minimum atomic E-state index is -1.16. The first-order valence-electron chi connectivity index (χ1n) is 13.6. The number of unbranched alkanes of at least 4 members (excludes halogenated alkanes) is 3. The van der Waals surface area contributed by atoms with Crippen molar-refractivity contribution in [3.05, 3.63) is 25.3 Å². The number of aliphatic hydroxyl groups is 1. The largest absolute Gasteiger partial charge is 0.465 e. The van der Waals surface area contributed by atoms with Crippen molar-refractivity contribution in [1.29, 1.82) is 0 Å². The number of likely N-dealkylation sites (tertiary alicyclic amines) is 1. The number of ether oxygens (including phenoxy) is 2. The maximum Gasteiger partial charge on any atom is 0.312 e. The van der Waals surface area contributed by atoms with Gasteiger partial charge in [0.2, 0.25) is 11.8 Å². The van der Waals surface area contributed by atoms with Crippen LogP contribution in [-0.4, -0.2) is 87.6 Å². The van der Waals surface area contributed by atoms with Gasteiger partial charge in [0.1, 0.15) is 11.6 Å². The number of hydrogen-bond donors (Lipinski definition) is 1. The molecule has 0 radical (unpaired) electrons. The Bertz CT molecular complexity index is 866. The molecule has 0 saturated carbocycles. The lowest BCUT2D eigenvalue weighted by molar-refractivity contribution is -0.157. The number of rotatable bonds is 15. The summed E-state index contributed by atoms with van der Waals surface area (Å²) in [6.45, 7) is 14.3. The molecule has 3 heterocycles. The summed E-state index contributed by atoms with van der Waals surface area (Å²) >= 11 is 3.68. The molecule has 0 aromatic heterocycles. The molecule has 9 heteroatoms. The Morgan fingerprint density at radius 2 is 2.03 bits per heavy atom. The molecule has 3 unspecified atom stereocenters. The van der Waals surface area contributed by atoms with Crippen LogP contribution in [0.2, 0.25) is 0 Å². The summed E-state index contributed by atoms with van der Waals surface area (Å²) < 4.78 is 12.1. The highest BCUT2D eigenvalue weighted by atomic mass is 79.9. The van der Waals surface area contributed by atoms with Crippen LogP contribution in [0.15, 0.2) is 25.3 Å². The maximum atomic E-state index is 14.3. The van der Waals surface area contributed by atoms with E-state index in [1.807, 2.05) is 13.8 Å². The van der Waals surface area contributed by atoms with Gasteiger partial charge in [0.05, 0.1) is 37.2 Å². The predicted molar refractivity (Wildman–Crippen MR) is 145 cm³/mol. The van der Waals surface area contributed by atoms with Gasteiger partial charge in [-0.15, -0.1) is 13.2 Å². The van der Waals surface area contributed by atoms with Gasteiger partial charge in [-0.3, -0.25) is 14.4 Å². The molecule has 2 bridgehead atoms. The summed E-state index contributed by atoms with van der Waals surface area (Å²) in [7, 11) is 0. The summed E-state index contributed by atoms with van der Waals surface area (Å²) in [5.41, 5.74) is -1.16. The molecular formula is C28H43BrN2O6. The number of aliphatic hydroxyl groups excluding tert-OH is 1. The second kappa shape index (κ2) is 12.9. The summed E-state index contributed by atoms with van der Waals surface area (Å²) in [6.07, 6.45) is 7.53. The van der Waals surface area contributed by atoms with Crippen molar-refractivity contribution in [1.82, 2.24) is 9.80 Å². The van der Waals surface area contributed by atoms with E-state index in [1.165, 1.54) is 4.90 Å². The number of esters is 1. The van der Waals surface area contributed by atoms with Crippen LogP contribution in [0.25, 0.3) is 0 Å². The molecule has 1 spiro atoms. The summed E-state index contributed by atoms with van der Waals surface area (Å²) in [5.74, 6) is -2.74. The number of allylic oxidation sites excluding steroid dienone is 1. The molecule has 3 fully saturated rings. The van der Waals surface area contributed by atoms with E-state index in [1.54, 1.807) is 17.1 Å². The highest BCUT2D eigenvalue weighted by molar-refractivity contribution is 9.09. The first-order chi connectivity index (χ1) is 17.7. The van der Waals surface area contributed by atoms with Crippen LogP contribution in [0.3, 0.4) is 0 Å². The van der Waals surface area contributed by atoms with E-state index < -0.39 is 41.6 Å². The van der Waals surface area contributed by atoms with Gasteiger partial charge in [0.15, 0.2) is 0 Å². The fraction of sp³-hybridized carbons (Fsp3) is 0.750. The topological polar surface area (TPSA) is 96.4 Å². The van der Waals surface area contributed by atoms with E-state index in [-0.39, 0.29) is 35.8 Å². The molecule has 3 aliphatic rings. The minimum absolute atomic E-state index is 0.103. The van der Waals surface area contributed by atoms with E-state index in [0.717, 1.165) is 25.7 Å². The van der Waals surface area contributed by atoms with E-state index in [4.69, 9.17) is 9.47 Å². The van der Waals surface area contributed by atoms with E-state index in [2.05, 4.69) is 36.0 Å². The molecular weight excluding hydrogens is 540 g/mol. The number of alkyl halides is 1. The number of nitrogens with zero attached hydrogens (tertiary/aromatic N) is 2. The molecule has 37 heavy (non-hydrogen) atoms. The van der Waals surface area contributed by atoms with Crippen LogP contribution in [0.5, 0.6) is 0 Å². The van der Waals surface area contributed by atoms with Crippen LogP contribution >= 0.6 is 15.9 Å². The van der Waals surface area contributed by atoms with Crippen molar-refractivity contribution in [2.45, 2.75) is 87.9 Å². The molecule has 0 aliphatic carbocycles. The molecule has 0 aromatic rings. The van der Waals surface area contributed by atoms with Gasteiger partial charge < -0.3 is 24.4 Å². The molecule has 208 valence electrons. The first kappa shape index (κ1) is 29.8. The monoisotopic (exact) mass is 582 g/mol. The zero-order valence-corrected chi connectivity index (χ0v) is 24.0. The minimum Gasteiger partial charge on any atom is -0.465 e. The number of carbonyl (C=O) groups excluding carboxylic acids is 3. The quantitative estimate of drug-likeness (QED) is 0.137. The van der Waals surface area contributed by atoms with Gasteiger partial charge in [-0.2, -0.15) is 0 Å². The van der Waals surface area contributed by atoms with Gasteiger partial charge in [0.25, 0.3) is 0 Å². The van der Waals surface area contributed by atoms with E-state index in [9.17, 15) is 19.5 Å². The summed E-state index contributed by atoms with van der Waals surface area (Å²) in [6, 6.07) is -1.52. The third-order valence-corrected chi connectivity index (χ3v) is 8.88. The van der Waals surface area contributed by atoms with Crippen molar-refractivity contribution in [3.8, 4) is 0 Å². The average Bonchev–Trinajstić information content (AvgIpc) is 3.45. The van der Waals surface area contributed by atoms with Crippen LogP contribution in [-0.2, 0) is 23.9 Å². The zero-order chi connectivity index (χ0) is 27.3. The standard InChI is InChI=1S/C28H43BrN2O6/c1-6-9-11-14-30(13-8-3)26(34)24-28-16-19(29)23(37-28)21(27(35)36-15-12-10-7-2)22(28)25(33)31(24)20(17-32)18(4)5/h7-8,18-24,32H,2-3,6,9-17H2,1,4-5H3/t19?,20-,21+,22-,23+,24?,28?/m0/s1. The van der Waals surface area contributed by atoms with Crippen molar-refractivity contribution in [2.75, 3.05) is 26.3 Å². The third-order valence-electron chi connectivity index (χ3n) is 8.04. The van der Waals surface area contributed by atoms with Gasteiger partial charge in [-0.1, -0.05) is 61.7 Å². The summed E-state index contributed by atoms with van der Waals surface area (Å²) in [4.78, 5) is 44.8. The van der Waals surface area contributed by atoms with E-state index in [0.29, 0.717) is 25.9 Å². The lowest BCUT2D eigenvalue weighted by Crippen LogP contribution is -2.60. The molecule has 2 amide bonds. The Kier molecular flexibility index (Phi) is 10.4. The van der Waals surface area contributed by atoms with Gasteiger partial charge >= 0.3 is 5.97 Å². The highest BCUT2D eigenvalue weighted by Gasteiger charge is 2.77. The Balaban J connectivity index is 2.02. The lowest BCUT2D eigenvalue weighted by Gasteiger charge is -2.40. The predicted octanol–water partition coefficient (Wildman–Crippen LogP) is 3.47. The zero-order valence-electron chi connectivity index (χ0n) is 22.4. The van der Waals surface area contributed by atoms with Gasteiger partial charge in [-0.25, -0.2) is 0 Å². The first-order valence-corrected chi connectivity index (χ1v) is 14.5. The molecule has 3 aliphatic heterocycles. The summed E-state index contributed by atoms with van der Waals surface area (Å²) in [5, 5.41) is 10.3. The van der Waals surface area contributed by atoms with Crippen LogP contribution in [0.4, 0.5) is 0 Å². The van der Waals surface area contributed by atoms with E-state index >= 15 is 0 Å². The van der Waals surface area contributed by atoms with Crippen molar-refractivity contribution in [3.63, 3.8) is 0 Å². The Morgan fingerprint density at radius 3 is 2.62 bits per heavy atom. The molecule has 7 atom stereocenters. The second-order valence-electron chi connectivity index (χ2n) is 10.8. The Morgan fingerprint density at radius 1 is 1.30 bits per heavy atom. The SMILES string of the molecule is C=CCCCOC(=O)[C@H]1[C@@H]2OC3(CC2Br)C(C(=O)N(CC=C)CCCCC)N([C@@H](CO)C(C)C)C(=O)[C@H]13. The van der Waals surface area contributed by atoms with Gasteiger partial charge in [-0.05, 0) is 31.6 Å². The second-order valence-corrected chi connectivity index (χ2v) is 12.0. The number of amides is 2. The number of fused-ring (bicyclic) bond motifs is 1. The normalized spacial score (nSPS) is 30.9. The highest BCUT2D eigenvalue weighted by Crippen LogP contribution is 2.61. The fourth-order valence-electron chi connectivity index (χ4n) is 6.26. The van der Waals surface area contributed by atoms with Crippen molar-refractivity contribution in [2.24, 2.45) is 17.8 Å². The fourth-order valence-corrected chi connectivity index (χ4v) is 7.21. The molecule has 0 aromatic carbocycles. The number of halogens is 1.